The van der Waals surface area contributed by atoms with Crippen LogP contribution in [0.4, 0.5) is 4.79 Å². The molecule has 2 amide bonds. The van der Waals surface area contributed by atoms with Gasteiger partial charge in [-0.2, -0.15) is 0 Å². The highest BCUT2D eigenvalue weighted by molar-refractivity contribution is 7.90. The van der Waals surface area contributed by atoms with Crippen LogP contribution in [0.1, 0.15) is 33.6 Å². The molecule has 1 atom stereocenters. The molecule has 0 aliphatic rings. The molecule has 0 rings (SSSR count). The lowest BCUT2D eigenvalue weighted by Crippen LogP contribution is -2.48. The van der Waals surface area contributed by atoms with Crippen molar-refractivity contribution in [2.24, 2.45) is 5.41 Å². The van der Waals surface area contributed by atoms with Crippen LogP contribution in [0.5, 0.6) is 0 Å². The molecule has 0 radical (unpaired) electrons. The minimum atomic E-state index is -3.17. The van der Waals surface area contributed by atoms with Crippen molar-refractivity contribution < 1.29 is 23.1 Å². The summed E-state index contributed by atoms with van der Waals surface area (Å²) in [5, 5.41) is 14.2. The lowest BCUT2D eigenvalue weighted by Gasteiger charge is -2.27. The lowest BCUT2D eigenvalue weighted by molar-refractivity contribution is -0.149. The van der Waals surface area contributed by atoms with E-state index >= 15 is 0 Å². The maximum Gasteiger partial charge on any atom is 0.315 e. The number of carbonyl (C=O) groups excluding carboxylic acids is 1. The number of amides is 2. The number of aliphatic carboxylic acids is 1. The monoisotopic (exact) mass is 308 g/mol. The maximum atomic E-state index is 11.6. The molecule has 3 N–H and O–H groups in total. The fraction of sp³-hybridized carbons (Fsp3) is 0.833. The Balaban J connectivity index is 4.45. The van der Waals surface area contributed by atoms with E-state index in [0.29, 0.717) is 12.8 Å². The normalized spacial score (nSPS) is 13.6. The van der Waals surface area contributed by atoms with Gasteiger partial charge in [-0.1, -0.05) is 13.8 Å². The molecule has 0 saturated carbocycles. The molecule has 1 unspecified atom stereocenters. The molecular formula is C12H24N2O5S. The molecule has 118 valence electrons. The highest BCUT2D eigenvalue weighted by atomic mass is 32.2. The molecule has 0 aromatic heterocycles. The lowest BCUT2D eigenvalue weighted by atomic mass is 9.82. The summed E-state index contributed by atoms with van der Waals surface area (Å²) in [7, 11) is -3.17. The third-order valence-corrected chi connectivity index (χ3v) is 4.43. The molecule has 0 heterocycles. The molecule has 0 fully saturated rings. The zero-order valence-electron chi connectivity index (χ0n) is 12.4. The number of nitrogens with one attached hydrogen (secondary N) is 2. The van der Waals surface area contributed by atoms with Crippen molar-refractivity contribution in [1.29, 1.82) is 0 Å². The Bertz CT molecular complexity index is 443. The van der Waals surface area contributed by atoms with Crippen molar-refractivity contribution in [1.82, 2.24) is 10.6 Å². The minimum absolute atomic E-state index is 0.00671. The summed E-state index contributed by atoms with van der Waals surface area (Å²) in [6.07, 6.45) is 1.89. The van der Waals surface area contributed by atoms with E-state index in [1.807, 2.05) is 0 Å². The van der Waals surface area contributed by atoms with Crippen LogP contribution in [0.3, 0.4) is 0 Å². The van der Waals surface area contributed by atoms with Crippen molar-refractivity contribution in [2.75, 3.05) is 18.6 Å². The van der Waals surface area contributed by atoms with Crippen molar-refractivity contribution in [3.63, 3.8) is 0 Å². The van der Waals surface area contributed by atoms with Crippen LogP contribution in [-0.4, -0.2) is 50.1 Å². The Morgan fingerprint density at radius 3 is 2.10 bits per heavy atom. The molecule has 0 aliphatic heterocycles. The van der Waals surface area contributed by atoms with Gasteiger partial charge in [-0.05, 0) is 19.8 Å². The fourth-order valence-corrected chi connectivity index (χ4v) is 2.89. The first kappa shape index (κ1) is 18.7. The van der Waals surface area contributed by atoms with Gasteiger partial charge in [-0.3, -0.25) is 4.79 Å². The van der Waals surface area contributed by atoms with Gasteiger partial charge < -0.3 is 15.7 Å². The molecule has 20 heavy (non-hydrogen) atoms. The van der Waals surface area contributed by atoms with E-state index in [2.05, 4.69) is 10.6 Å². The van der Waals surface area contributed by atoms with E-state index in [4.69, 9.17) is 0 Å². The highest BCUT2D eigenvalue weighted by Crippen LogP contribution is 2.25. The molecule has 0 spiro atoms. The van der Waals surface area contributed by atoms with Crippen LogP contribution in [0.25, 0.3) is 0 Å². The Morgan fingerprint density at radius 1 is 1.25 bits per heavy atom. The topological polar surface area (TPSA) is 113 Å². The van der Waals surface area contributed by atoms with E-state index in [0.717, 1.165) is 6.26 Å². The summed E-state index contributed by atoms with van der Waals surface area (Å²) >= 11 is 0. The molecule has 8 heteroatoms. The van der Waals surface area contributed by atoms with Gasteiger partial charge in [0.05, 0.1) is 11.2 Å². The summed E-state index contributed by atoms with van der Waals surface area (Å²) in [6.45, 7) is 5.09. The van der Waals surface area contributed by atoms with Crippen LogP contribution in [-0.2, 0) is 14.6 Å². The smallest absolute Gasteiger partial charge is 0.315 e. The third-order valence-electron chi connectivity index (χ3n) is 3.32. The van der Waals surface area contributed by atoms with E-state index < -0.39 is 33.3 Å². The predicted molar refractivity (Wildman–Crippen MR) is 76.4 cm³/mol. The molecule has 0 aromatic carbocycles. The van der Waals surface area contributed by atoms with Gasteiger partial charge in [0.25, 0.3) is 0 Å². The number of rotatable bonds is 8. The standard InChI is InChI=1S/C12H24N2O5S/c1-5-12(6-2,10(15)16)8-13-11(17)14-9(3)7-20(4,18)19/h9H,5-8H2,1-4H3,(H,15,16)(H2,13,14,17). The number of urea groups is 1. The summed E-state index contributed by atoms with van der Waals surface area (Å²) in [5.74, 6) is -1.11. The molecular weight excluding hydrogens is 284 g/mol. The quantitative estimate of drug-likeness (QED) is 0.608. The Morgan fingerprint density at radius 2 is 1.75 bits per heavy atom. The first-order chi connectivity index (χ1) is 9.06. The highest BCUT2D eigenvalue weighted by Gasteiger charge is 2.35. The van der Waals surface area contributed by atoms with E-state index in [1.165, 1.54) is 0 Å². The molecule has 0 saturated heterocycles. The zero-order chi connectivity index (χ0) is 16.0. The van der Waals surface area contributed by atoms with E-state index in [1.54, 1.807) is 20.8 Å². The van der Waals surface area contributed by atoms with Crippen LogP contribution in [0.15, 0.2) is 0 Å². The van der Waals surface area contributed by atoms with Crippen LogP contribution >= 0.6 is 0 Å². The van der Waals surface area contributed by atoms with Crippen LogP contribution < -0.4 is 10.6 Å². The Hall–Kier alpha value is -1.31. The first-order valence-corrected chi connectivity index (χ1v) is 8.58. The van der Waals surface area contributed by atoms with Crippen LogP contribution in [0.2, 0.25) is 0 Å². The SMILES string of the molecule is CCC(CC)(CNC(=O)NC(C)CS(C)(=O)=O)C(=O)O. The van der Waals surface area contributed by atoms with Gasteiger partial charge in [0.15, 0.2) is 0 Å². The van der Waals surface area contributed by atoms with E-state index in [9.17, 15) is 23.1 Å². The Kier molecular flexibility index (Phi) is 6.98. The second-order valence-electron chi connectivity index (χ2n) is 5.11. The zero-order valence-corrected chi connectivity index (χ0v) is 13.2. The van der Waals surface area contributed by atoms with Gasteiger partial charge in [0.1, 0.15) is 9.84 Å². The van der Waals surface area contributed by atoms with E-state index in [-0.39, 0.29) is 12.3 Å². The van der Waals surface area contributed by atoms with Gasteiger partial charge in [0.2, 0.25) is 0 Å². The molecule has 0 aromatic rings. The second kappa shape index (κ2) is 7.47. The first-order valence-electron chi connectivity index (χ1n) is 6.51. The number of carboxylic acids is 1. The number of hydrogen-bond acceptors (Lipinski definition) is 4. The Labute approximate surface area is 120 Å². The van der Waals surface area contributed by atoms with Gasteiger partial charge >= 0.3 is 12.0 Å². The number of hydrogen-bond donors (Lipinski definition) is 3. The molecule has 0 bridgehead atoms. The summed E-state index contributed by atoms with van der Waals surface area (Å²) in [5.41, 5.74) is -0.989. The largest absolute Gasteiger partial charge is 0.481 e. The van der Waals surface area contributed by atoms with Crippen molar-refractivity contribution >= 4 is 21.8 Å². The summed E-state index contributed by atoms with van der Waals surface area (Å²) in [4.78, 5) is 22.9. The minimum Gasteiger partial charge on any atom is -0.481 e. The molecule has 7 nitrogen and oxygen atoms in total. The van der Waals surface area contributed by atoms with Crippen molar-refractivity contribution in [3.8, 4) is 0 Å². The van der Waals surface area contributed by atoms with Gasteiger partial charge in [0, 0.05) is 18.8 Å². The van der Waals surface area contributed by atoms with Gasteiger partial charge in [-0.25, -0.2) is 13.2 Å². The summed E-state index contributed by atoms with van der Waals surface area (Å²) in [6, 6.07) is -1.10. The number of sulfone groups is 1. The average molecular weight is 308 g/mol. The maximum absolute atomic E-state index is 11.6. The number of carboxylic acid groups (broad SMARTS) is 1. The van der Waals surface area contributed by atoms with Gasteiger partial charge in [-0.15, -0.1) is 0 Å². The third kappa shape index (κ3) is 6.23. The fourth-order valence-electron chi connectivity index (χ4n) is 1.90. The second-order valence-corrected chi connectivity index (χ2v) is 7.30. The van der Waals surface area contributed by atoms with Crippen molar-refractivity contribution in [3.05, 3.63) is 0 Å². The average Bonchev–Trinajstić information content (AvgIpc) is 2.27. The van der Waals surface area contributed by atoms with Crippen molar-refractivity contribution in [2.45, 2.75) is 39.7 Å². The van der Waals surface area contributed by atoms with Crippen LogP contribution in [0, 0.1) is 5.41 Å². The summed E-state index contributed by atoms with van der Waals surface area (Å²) < 4.78 is 22.1. The number of carbonyl (C=O) groups is 2. The predicted octanol–water partition coefficient (Wildman–Crippen LogP) is 0.610. The molecule has 0 aliphatic carbocycles.